The number of nitrogens with zero attached hydrogens (tertiary/aromatic N) is 1. The lowest BCUT2D eigenvalue weighted by Gasteiger charge is -2.37. The van der Waals surface area contributed by atoms with Crippen LogP contribution in [0.5, 0.6) is 0 Å². The van der Waals surface area contributed by atoms with Crippen LogP contribution in [0.1, 0.15) is 19.8 Å². The molecule has 1 rings (SSSR count). The van der Waals surface area contributed by atoms with Gasteiger partial charge in [-0.2, -0.15) is 0 Å². The Bertz CT molecular complexity index is 236. The van der Waals surface area contributed by atoms with E-state index in [-0.39, 0.29) is 12.6 Å². The van der Waals surface area contributed by atoms with Crippen LogP contribution in [0.4, 0.5) is 0 Å². The van der Waals surface area contributed by atoms with Crippen LogP contribution < -0.4 is 5.73 Å². The third-order valence-electron chi connectivity index (χ3n) is 3.80. The number of aliphatic hydroxyl groups is 1. The summed E-state index contributed by atoms with van der Waals surface area (Å²) < 4.78 is 10.3. The second-order valence-corrected chi connectivity index (χ2v) is 5.43. The minimum absolute atomic E-state index is 0.0425. The summed E-state index contributed by atoms with van der Waals surface area (Å²) in [5, 5.41) is 9.57. The summed E-state index contributed by atoms with van der Waals surface area (Å²) >= 11 is 0. The van der Waals surface area contributed by atoms with Gasteiger partial charge in [-0.15, -0.1) is 0 Å². The fourth-order valence-corrected chi connectivity index (χ4v) is 2.35. The van der Waals surface area contributed by atoms with Crippen molar-refractivity contribution in [2.24, 2.45) is 11.7 Å². The smallest absolute Gasteiger partial charge is 0.0626 e. The van der Waals surface area contributed by atoms with Gasteiger partial charge in [0.15, 0.2) is 0 Å². The molecule has 0 aliphatic heterocycles. The Morgan fingerprint density at radius 3 is 2.50 bits per heavy atom. The van der Waals surface area contributed by atoms with Crippen molar-refractivity contribution >= 4 is 0 Å². The number of ether oxygens (including phenoxy) is 2. The molecule has 0 heterocycles. The fraction of sp³-hybridized carbons (Fsp3) is 1.00. The Kier molecular flexibility index (Phi) is 6.52. The first-order valence-corrected chi connectivity index (χ1v) is 6.69. The molecule has 5 heteroatoms. The molecule has 108 valence electrons. The van der Waals surface area contributed by atoms with Gasteiger partial charge in [-0.3, -0.25) is 4.90 Å². The maximum Gasteiger partial charge on any atom is 0.0626 e. The standard InChI is InChI=1S/C13H28N2O3/c1-11(8-18-3)15(6-7-17-2)9-13(14,10-16)12-4-5-12/h11-12,16H,4-10,14H2,1-3H3. The molecule has 5 nitrogen and oxygen atoms in total. The topological polar surface area (TPSA) is 68.0 Å². The van der Waals surface area contributed by atoms with Gasteiger partial charge in [0.2, 0.25) is 0 Å². The van der Waals surface area contributed by atoms with Crippen LogP contribution in [-0.4, -0.2) is 68.7 Å². The fourth-order valence-electron chi connectivity index (χ4n) is 2.35. The molecule has 0 bridgehead atoms. The van der Waals surface area contributed by atoms with E-state index in [0.29, 0.717) is 25.7 Å². The minimum atomic E-state index is -0.476. The lowest BCUT2D eigenvalue weighted by atomic mass is 9.94. The van der Waals surface area contributed by atoms with E-state index in [0.717, 1.165) is 19.4 Å². The zero-order valence-electron chi connectivity index (χ0n) is 11.9. The van der Waals surface area contributed by atoms with Crippen molar-refractivity contribution < 1.29 is 14.6 Å². The van der Waals surface area contributed by atoms with Gasteiger partial charge in [-0.25, -0.2) is 0 Å². The molecule has 3 N–H and O–H groups in total. The van der Waals surface area contributed by atoms with Gasteiger partial charge in [-0.1, -0.05) is 0 Å². The Morgan fingerprint density at radius 2 is 2.06 bits per heavy atom. The molecule has 1 saturated carbocycles. The van der Waals surface area contributed by atoms with E-state index in [2.05, 4.69) is 11.8 Å². The Balaban J connectivity index is 2.57. The zero-order valence-corrected chi connectivity index (χ0v) is 11.9. The van der Waals surface area contributed by atoms with Gasteiger partial charge in [0.25, 0.3) is 0 Å². The van der Waals surface area contributed by atoms with Gasteiger partial charge < -0.3 is 20.3 Å². The molecule has 0 amide bonds. The third kappa shape index (κ3) is 4.48. The molecular weight excluding hydrogens is 232 g/mol. The van der Waals surface area contributed by atoms with Crippen LogP contribution in [-0.2, 0) is 9.47 Å². The largest absolute Gasteiger partial charge is 0.394 e. The lowest BCUT2D eigenvalue weighted by molar-refractivity contribution is 0.0430. The van der Waals surface area contributed by atoms with E-state index in [4.69, 9.17) is 15.2 Å². The first kappa shape index (κ1) is 15.9. The monoisotopic (exact) mass is 260 g/mol. The SMILES string of the molecule is COCCN(CC(N)(CO)C1CC1)C(C)COC. The quantitative estimate of drug-likeness (QED) is 0.582. The highest BCUT2D eigenvalue weighted by atomic mass is 16.5. The van der Waals surface area contributed by atoms with E-state index in [9.17, 15) is 5.11 Å². The molecular formula is C13H28N2O3. The van der Waals surface area contributed by atoms with Crippen LogP contribution in [0.15, 0.2) is 0 Å². The van der Waals surface area contributed by atoms with Crippen molar-refractivity contribution in [1.82, 2.24) is 4.90 Å². The van der Waals surface area contributed by atoms with Gasteiger partial charge >= 0.3 is 0 Å². The Morgan fingerprint density at radius 1 is 1.39 bits per heavy atom. The molecule has 18 heavy (non-hydrogen) atoms. The van der Waals surface area contributed by atoms with Gasteiger partial charge in [0, 0.05) is 33.4 Å². The molecule has 0 aromatic heterocycles. The molecule has 0 aromatic carbocycles. The third-order valence-corrected chi connectivity index (χ3v) is 3.80. The maximum absolute atomic E-state index is 9.57. The molecule has 0 aromatic rings. The molecule has 2 atom stereocenters. The number of rotatable bonds is 10. The van der Waals surface area contributed by atoms with E-state index in [1.807, 2.05) is 0 Å². The first-order valence-electron chi connectivity index (χ1n) is 6.69. The average Bonchev–Trinajstić information content (AvgIpc) is 3.19. The number of aliphatic hydroxyl groups excluding tert-OH is 1. The summed E-state index contributed by atoms with van der Waals surface area (Å²) in [4.78, 5) is 2.25. The Hall–Kier alpha value is -0.200. The van der Waals surface area contributed by atoms with E-state index < -0.39 is 5.54 Å². The van der Waals surface area contributed by atoms with Gasteiger partial charge in [0.1, 0.15) is 0 Å². The predicted molar refractivity (Wildman–Crippen MR) is 71.5 cm³/mol. The summed E-state index contributed by atoms with van der Waals surface area (Å²) in [7, 11) is 3.40. The molecule has 0 radical (unpaired) electrons. The molecule has 0 saturated heterocycles. The summed E-state index contributed by atoms with van der Waals surface area (Å²) in [6.07, 6.45) is 2.27. The van der Waals surface area contributed by atoms with Crippen LogP contribution >= 0.6 is 0 Å². The number of methoxy groups -OCH3 is 2. The van der Waals surface area contributed by atoms with Crippen LogP contribution in [0.2, 0.25) is 0 Å². The normalized spacial score (nSPS) is 21.0. The second-order valence-electron chi connectivity index (χ2n) is 5.43. The van der Waals surface area contributed by atoms with E-state index >= 15 is 0 Å². The first-order chi connectivity index (χ1) is 8.57. The van der Waals surface area contributed by atoms with Crippen molar-refractivity contribution in [3.63, 3.8) is 0 Å². The molecule has 0 spiro atoms. The summed E-state index contributed by atoms with van der Waals surface area (Å²) in [5.74, 6) is 0.460. The number of nitrogens with two attached hydrogens (primary N) is 1. The van der Waals surface area contributed by atoms with Crippen molar-refractivity contribution in [1.29, 1.82) is 0 Å². The molecule has 1 fully saturated rings. The predicted octanol–water partition coefficient (Wildman–Crippen LogP) is 0.0695. The summed E-state index contributed by atoms with van der Waals surface area (Å²) in [6, 6.07) is 0.276. The second kappa shape index (κ2) is 7.40. The highest BCUT2D eigenvalue weighted by Crippen LogP contribution is 2.38. The minimum Gasteiger partial charge on any atom is -0.394 e. The van der Waals surface area contributed by atoms with Crippen molar-refractivity contribution in [2.45, 2.75) is 31.3 Å². The Labute approximate surface area is 110 Å². The zero-order chi connectivity index (χ0) is 13.6. The van der Waals surface area contributed by atoms with Crippen molar-refractivity contribution in [3.05, 3.63) is 0 Å². The summed E-state index contributed by atoms with van der Waals surface area (Å²) in [5.41, 5.74) is 5.86. The van der Waals surface area contributed by atoms with Gasteiger partial charge in [0.05, 0.1) is 25.4 Å². The number of hydrogen-bond donors (Lipinski definition) is 2. The molecule has 1 aliphatic carbocycles. The molecule has 2 unspecified atom stereocenters. The maximum atomic E-state index is 9.57. The van der Waals surface area contributed by atoms with E-state index in [1.54, 1.807) is 14.2 Å². The summed E-state index contributed by atoms with van der Waals surface area (Å²) in [6.45, 7) is 5.00. The number of hydrogen-bond acceptors (Lipinski definition) is 5. The van der Waals surface area contributed by atoms with Crippen LogP contribution in [0.25, 0.3) is 0 Å². The average molecular weight is 260 g/mol. The highest BCUT2D eigenvalue weighted by Gasteiger charge is 2.43. The van der Waals surface area contributed by atoms with E-state index in [1.165, 1.54) is 0 Å². The lowest BCUT2D eigenvalue weighted by Crippen LogP contribution is -2.57. The van der Waals surface area contributed by atoms with Crippen molar-refractivity contribution in [3.8, 4) is 0 Å². The van der Waals surface area contributed by atoms with Gasteiger partial charge in [-0.05, 0) is 25.7 Å². The van der Waals surface area contributed by atoms with Crippen LogP contribution in [0, 0.1) is 5.92 Å². The highest BCUT2D eigenvalue weighted by molar-refractivity contribution is 5.00. The molecule has 1 aliphatic rings. The van der Waals surface area contributed by atoms with Crippen molar-refractivity contribution in [2.75, 3.05) is 47.1 Å². The van der Waals surface area contributed by atoms with Crippen LogP contribution in [0.3, 0.4) is 0 Å².